The zero-order valence-electron chi connectivity index (χ0n) is 8.44. The van der Waals surface area contributed by atoms with Gasteiger partial charge in [0.05, 0.1) is 11.0 Å². The Morgan fingerprint density at radius 3 is 3.00 bits per heavy atom. The summed E-state index contributed by atoms with van der Waals surface area (Å²) in [6.45, 7) is 1.17. The number of hydrogen-bond donors (Lipinski definition) is 0. The molecular weight excluding hydrogens is 275 g/mol. The molecule has 0 N–H and O–H groups in total. The number of hydrogen-bond acceptors (Lipinski definition) is 2. The molecule has 0 atom stereocenters. The van der Waals surface area contributed by atoms with Gasteiger partial charge in [-0.3, -0.25) is 4.68 Å². The van der Waals surface area contributed by atoms with Crippen LogP contribution in [0.15, 0.2) is 41.1 Å². The molecule has 0 radical (unpaired) electrons. The van der Waals surface area contributed by atoms with E-state index in [1.54, 1.807) is 23.0 Å². The topological polar surface area (TPSA) is 27.1 Å². The maximum atomic E-state index is 12.9. The van der Waals surface area contributed by atoms with Crippen LogP contribution in [0.3, 0.4) is 0 Å². The second-order valence-electron chi connectivity index (χ2n) is 3.19. The van der Waals surface area contributed by atoms with Gasteiger partial charge in [-0.05, 0) is 40.2 Å². The molecule has 2 rings (SSSR count). The second-order valence-corrected chi connectivity index (χ2v) is 4.05. The average molecular weight is 285 g/mol. The minimum absolute atomic E-state index is 0.292. The zero-order valence-corrected chi connectivity index (χ0v) is 10.0. The molecule has 0 aliphatic heterocycles. The fourth-order valence-corrected chi connectivity index (χ4v) is 1.61. The Labute approximate surface area is 101 Å². The predicted molar refractivity (Wildman–Crippen MR) is 61.8 cm³/mol. The summed E-state index contributed by atoms with van der Waals surface area (Å²) >= 11 is 3.10. The quantitative estimate of drug-likeness (QED) is 0.863. The first-order chi connectivity index (χ1) is 7.75. The standard InChI is InChI=1S/C11H10BrFN2O/c12-10-8-9(2-3-11(10)13)16-7-6-15-5-1-4-14-15/h1-5,8H,6-7H2. The van der Waals surface area contributed by atoms with E-state index >= 15 is 0 Å². The molecule has 1 heterocycles. The minimum atomic E-state index is -0.292. The summed E-state index contributed by atoms with van der Waals surface area (Å²) in [6.07, 6.45) is 3.58. The number of ether oxygens (including phenoxy) is 1. The molecule has 84 valence electrons. The van der Waals surface area contributed by atoms with Crippen molar-refractivity contribution in [3.8, 4) is 5.75 Å². The van der Waals surface area contributed by atoms with Crippen LogP contribution in [-0.4, -0.2) is 16.4 Å². The molecular formula is C11H10BrFN2O. The lowest BCUT2D eigenvalue weighted by Gasteiger charge is -2.06. The summed E-state index contributed by atoms with van der Waals surface area (Å²) < 4.78 is 20.6. The van der Waals surface area contributed by atoms with Crippen molar-refractivity contribution in [2.24, 2.45) is 0 Å². The van der Waals surface area contributed by atoms with Crippen molar-refractivity contribution >= 4 is 15.9 Å². The van der Waals surface area contributed by atoms with Crippen molar-refractivity contribution in [2.45, 2.75) is 6.54 Å². The lowest BCUT2D eigenvalue weighted by Crippen LogP contribution is -2.08. The minimum Gasteiger partial charge on any atom is -0.492 e. The normalized spacial score (nSPS) is 10.4. The van der Waals surface area contributed by atoms with E-state index in [1.165, 1.54) is 6.07 Å². The number of aromatic nitrogens is 2. The van der Waals surface area contributed by atoms with Gasteiger partial charge < -0.3 is 4.74 Å². The molecule has 0 unspecified atom stereocenters. The Morgan fingerprint density at radius 2 is 2.31 bits per heavy atom. The molecule has 0 saturated heterocycles. The Balaban J connectivity index is 1.87. The summed E-state index contributed by atoms with van der Waals surface area (Å²) in [5.74, 6) is 0.347. The Morgan fingerprint density at radius 1 is 1.44 bits per heavy atom. The number of halogens is 2. The van der Waals surface area contributed by atoms with E-state index in [-0.39, 0.29) is 5.82 Å². The van der Waals surface area contributed by atoms with Crippen molar-refractivity contribution in [3.63, 3.8) is 0 Å². The van der Waals surface area contributed by atoms with Crippen molar-refractivity contribution < 1.29 is 9.13 Å². The van der Waals surface area contributed by atoms with Crippen LogP contribution in [-0.2, 0) is 6.54 Å². The maximum absolute atomic E-state index is 12.9. The molecule has 3 nitrogen and oxygen atoms in total. The van der Waals surface area contributed by atoms with Gasteiger partial charge in [0.1, 0.15) is 18.2 Å². The van der Waals surface area contributed by atoms with E-state index in [0.717, 1.165) is 0 Å². The van der Waals surface area contributed by atoms with Gasteiger partial charge in [0.15, 0.2) is 0 Å². The number of rotatable bonds is 4. The van der Waals surface area contributed by atoms with Gasteiger partial charge >= 0.3 is 0 Å². The summed E-state index contributed by atoms with van der Waals surface area (Å²) in [5, 5.41) is 4.05. The fourth-order valence-electron chi connectivity index (χ4n) is 1.26. The molecule has 1 aromatic heterocycles. The van der Waals surface area contributed by atoms with E-state index in [1.807, 2.05) is 12.3 Å². The molecule has 0 bridgehead atoms. The molecule has 0 spiro atoms. The van der Waals surface area contributed by atoms with Crippen molar-refractivity contribution in [2.75, 3.05) is 6.61 Å². The van der Waals surface area contributed by atoms with Crippen LogP contribution in [0.1, 0.15) is 0 Å². The largest absolute Gasteiger partial charge is 0.492 e. The highest BCUT2D eigenvalue weighted by atomic mass is 79.9. The highest BCUT2D eigenvalue weighted by molar-refractivity contribution is 9.10. The zero-order chi connectivity index (χ0) is 11.4. The van der Waals surface area contributed by atoms with E-state index in [4.69, 9.17) is 4.74 Å². The molecule has 0 aliphatic carbocycles. The summed E-state index contributed by atoms with van der Waals surface area (Å²) in [6, 6.07) is 6.43. The van der Waals surface area contributed by atoms with Gasteiger partial charge in [-0.2, -0.15) is 5.10 Å². The summed E-state index contributed by atoms with van der Waals surface area (Å²) in [7, 11) is 0. The fraction of sp³-hybridized carbons (Fsp3) is 0.182. The monoisotopic (exact) mass is 284 g/mol. The van der Waals surface area contributed by atoms with Gasteiger partial charge in [0.25, 0.3) is 0 Å². The third kappa shape index (κ3) is 2.82. The van der Waals surface area contributed by atoms with Crippen molar-refractivity contribution in [1.82, 2.24) is 9.78 Å². The Hall–Kier alpha value is -1.36. The second kappa shape index (κ2) is 5.12. The molecule has 0 amide bonds. The summed E-state index contributed by atoms with van der Waals surface area (Å²) in [4.78, 5) is 0. The Kier molecular flexibility index (Phi) is 3.56. The molecule has 0 saturated carbocycles. The highest BCUT2D eigenvalue weighted by Gasteiger charge is 2.01. The SMILES string of the molecule is Fc1ccc(OCCn2cccn2)cc1Br. The molecule has 0 fully saturated rings. The maximum Gasteiger partial charge on any atom is 0.137 e. The van der Waals surface area contributed by atoms with E-state index in [0.29, 0.717) is 23.4 Å². The Bertz CT molecular complexity index is 459. The molecule has 1 aromatic carbocycles. The molecule has 5 heteroatoms. The van der Waals surface area contributed by atoms with E-state index in [9.17, 15) is 4.39 Å². The third-order valence-corrected chi connectivity index (χ3v) is 2.65. The van der Waals surface area contributed by atoms with Crippen LogP contribution < -0.4 is 4.74 Å². The average Bonchev–Trinajstić information content (AvgIpc) is 2.76. The van der Waals surface area contributed by atoms with Crippen LogP contribution in [0.25, 0.3) is 0 Å². The summed E-state index contributed by atoms with van der Waals surface area (Å²) in [5.41, 5.74) is 0. The van der Waals surface area contributed by atoms with Crippen molar-refractivity contribution in [3.05, 3.63) is 46.9 Å². The molecule has 2 aromatic rings. The highest BCUT2D eigenvalue weighted by Crippen LogP contribution is 2.21. The molecule has 0 aliphatic rings. The van der Waals surface area contributed by atoms with Gasteiger partial charge in [-0.15, -0.1) is 0 Å². The number of benzene rings is 1. The van der Waals surface area contributed by atoms with E-state index < -0.39 is 0 Å². The van der Waals surface area contributed by atoms with Crippen LogP contribution in [0, 0.1) is 5.82 Å². The van der Waals surface area contributed by atoms with Gasteiger partial charge in [-0.25, -0.2) is 4.39 Å². The van der Waals surface area contributed by atoms with Gasteiger partial charge in [-0.1, -0.05) is 0 Å². The van der Waals surface area contributed by atoms with Crippen LogP contribution >= 0.6 is 15.9 Å². The lowest BCUT2D eigenvalue weighted by atomic mass is 10.3. The van der Waals surface area contributed by atoms with Gasteiger partial charge in [0.2, 0.25) is 0 Å². The van der Waals surface area contributed by atoms with Crippen LogP contribution in [0.2, 0.25) is 0 Å². The first-order valence-corrected chi connectivity index (χ1v) is 5.60. The smallest absolute Gasteiger partial charge is 0.137 e. The first-order valence-electron chi connectivity index (χ1n) is 4.81. The van der Waals surface area contributed by atoms with Crippen molar-refractivity contribution in [1.29, 1.82) is 0 Å². The first kappa shape index (κ1) is 11.1. The van der Waals surface area contributed by atoms with E-state index in [2.05, 4.69) is 21.0 Å². The van der Waals surface area contributed by atoms with Crippen LogP contribution in [0.5, 0.6) is 5.75 Å². The molecule has 16 heavy (non-hydrogen) atoms. The van der Waals surface area contributed by atoms with Crippen LogP contribution in [0.4, 0.5) is 4.39 Å². The lowest BCUT2D eigenvalue weighted by molar-refractivity contribution is 0.290. The van der Waals surface area contributed by atoms with Gasteiger partial charge in [0, 0.05) is 12.4 Å². The predicted octanol–water partition coefficient (Wildman–Crippen LogP) is 2.86. The third-order valence-electron chi connectivity index (χ3n) is 2.04. The number of nitrogens with zero attached hydrogens (tertiary/aromatic N) is 2.